The molecule has 0 saturated heterocycles. The van der Waals surface area contributed by atoms with Gasteiger partial charge >= 0.3 is 35.8 Å². The van der Waals surface area contributed by atoms with E-state index in [0.29, 0.717) is 0 Å². The predicted octanol–water partition coefficient (Wildman–Crippen LogP) is 8.23. The maximum absolute atomic E-state index is 14.9. The van der Waals surface area contributed by atoms with Crippen molar-refractivity contribution in [2.75, 3.05) is 0 Å². The van der Waals surface area contributed by atoms with Gasteiger partial charge in [0, 0.05) is 0 Å². The normalized spacial score (nSPS) is 16.1. The molecule has 0 aromatic heterocycles. The van der Waals surface area contributed by atoms with E-state index in [1.165, 1.54) is 32.9 Å². The van der Waals surface area contributed by atoms with Crippen molar-refractivity contribution in [3.63, 3.8) is 0 Å². The number of ether oxygens (including phenoxy) is 1. The van der Waals surface area contributed by atoms with Crippen LogP contribution in [0.5, 0.6) is 5.75 Å². The van der Waals surface area contributed by atoms with Gasteiger partial charge in [0.2, 0.25) is 0 Å². The molecular weight excluding hydrogens is 567 g/mol. The molecule has 15 heteroatoms. The van der Waals surface area contributed by atoms with E-state index in [9.17, 15) is 62.2 Å². The third kappa shape index (κ3) is 5.64. The Hall–Kier alpha value is -2.71. The SMILES string of the molecule is CC(C)(C)Oc1cccc(C(O)(CC(F)(F)C(F)(F)C(F)(F)C(F)(F)C(F)(F)C(F)(F)F)c2ccccc2)c1. The summed E-state index contributed by atoms with van der Waals surface area (Å²) in [5, 5.41) is 11.2. The molecule has 0 radical (unpaired) electrons. The van der Waals surface area contributed by atoms with Crippen LogP contribution in [0.1, 0.15) is 38.3 Å². The Balaban J connectivity index is 2.70. The van der Waals surface area contributed by atoms with Crippen LogP contribution in [0.15, 0.2) is 54.6 Å². The molecule has 0 spiro atoms. The Morgan fingerprint density at radius 3 is 1.51 bits per heavy atom. The predicted molar refractivity (Wildman–Crippen MR) is 112 cm³/mol. The number of alkyl halides is 13. The van der Waals surface area contributed by atoms with Gasteiger partial charge in [-0.25, -0.2) is 0 Å². The van der Waals surface area contributed by atoms with Gasteiger partial charge in [0.05, 0.1) is 6.42 Å². The number of hydrogen-bond donors (Lipinski definition) is 1. The van der Waals surface area contributed by atoms with E-state index >= 15 is 0 Å². The fourth-order valence-corrected chi connectivity index (χ4v) is 3.49. The lowest BCUT2D eigenvalue weighted by Crippen LogP contribution is -2.70. The molecule has 2 rings (SSSR count). The van der Waals surface area contributed by atoms with E-state index in [1.807, 2.05) is 0 Å². The Labute approximate surface area is 213 Å². The minimum atomic E-state index is -8.03. The zero-order chi connectivity index (χ0) is 30.5. The van der Waals surface area contributed by atoms with E-state index < -0.39 is 64.5 Å². The first-order valence-electron chi connectivity index (χ1n) is 10.8. The maximum atomic E-state index is 14.9. The molecule has 1 unspecified atom stereocenters. The van der Waals surface area contributed by atoms with Crippen LogP contribution in [-0.4, -0.2) is 46.5 Å². The van der Waals surface area contributed by atoms with Crippen LogP contribution < -0.4 is 4.74 Å². The van der Waals surface area contributed by atoms with Crippen molar-refractivity contribution in [2.24, 2.45) is 0 Å². The summed E-state index contributed by atoms with van der Waals surface area (Å²) in [7, 11) is 0. The average molecular weight is 588 g/mol. The van der Waals surface area contributed by atoms with Crippen LogP contribution in [0.4, 0.5) is 57.1 Å². The molecule has 1 N–H and O–H groups in total. The Kier molecular flexibility index (Phi) is 8.11. The number of benzene rings is 2. The lowest BCUT2D eigenvalue weighted by atomic mass is 9.79. The number of hydrogen-bond acceptors (Lipinski definition) is 2. The van der Waals surface area contributed by atoms with Gasteiger partial charge in [-0.2, -0.15) is 57.1 Å². The fourth-order valence-electron chi connectivity index (χ4n) is 3.49. The molecule has 0 fully saturated rings. The summed E-state index contributed by atoms with van der Waals surface area (Å²) in [5.74, 6) is -38.0. The van der Waals surface area contributed by atoms with Crippen molar-refractivity contribution in [2.45, 2.75) is 74.2 Å². The summed E-state index contributed by atoms with van der Waals surface area (Å²) in [6, 6.07) is 9.22. The van der Waals surface area contributed by atoms with E-state index in [1.54, 1.807) is 0 Å². The molecule has 2 aromatic rings. The largest absolute Gasteiger partial charge is 0.488 e. The van der Waals surface area contributed by atoms with Gasteiger partial charge in [0.1, 0.15) is 17.0 Å². The molecular formula is C24H21F13O2. The minimum Gasteiger partial charge on any atom is -0.488 e. The van der Waals surface area contributed by atoms with Crippen LogP contribution in [0.25, 0.3) is 0 Å². The monoisotopic (exact) mass is 588 g/mol. The van der Waals surface area contributed by atoms with Crippen molar-refractivity contribution in [3.05, 3.63) is 65.7 Å². The van der Waals surface area contributed by atoms with Crippen molar-refractivity contribution < 1.29 is 66.9 Å². The topological polar surface area (TPSA) is 29.5 Å². The number of rotatable bonds is 9. The second-order valence-corrected chi connectivity index (χ2v) is 9.65. The summed E-state index contributed by atoms with van der Waals surface area (Å²) in [6.45, 7) is 4.62. The molecule has 2 nitrogen and oxygen atoms in total. The maximum Gasteiger partial charge on any atom is 0.460 e. The van der Waals surface area contributed by atoms with E-state index in [-0.39, 0.29) is 5.75 Å². The molecule has 1 atom stereocenters. The van der Waals surface area contributed by atoms with Gasteiger partial charge in [-0.3, -0.25) is 0 Å². The highest BCUT2D eigenvalue weighted by molar-refractivity contribution is 5.41. The van der Waals surface area contributed by atoms with Crippen molar-refractivity contribution in [1.29, 1.82) is 0 Å². The smallest absolute Gasteiger partial charge is 0.460 e. The van der Waals surface area contributed by atoms with Crippen LogP contribution in [-0.2, 0) is 5.60 Å². The molecule has 2 aromatic carbocycles. The summed E-state index contributed by atoms with van der Waals surface area (Å²) in [6.07, 6.45) is -10.4. The molecule has 0 saturated carbocycles. The first kappa shape index (κ1) is 32.5. The lowest BCUT2D eigenvalue weighted by Gasteiger charge is -2.42. The Morgan fingerprint density at radius 1 is 0.590 bits per heavy atom. The minimum absolute atomic E-state index is 0.147. The first-order chi connectivity index (χ1) is 17.2. The lowest BCUT2D eigenvalue weighted by molar-refractivity contribution is -0.441. The summed E-state index contributed by atoms with van der Waals surface area (Å²) < 4.78 is 183. The van der Waals surface area contributed by atoms with Gasteiger partial charge in [0.25, 0.3) is 0 Å². The third-order valence-electron chi connectivity index (χ3n) is 5.46. The molecule has 0 aliphatic heterocycles. The zero-order valence-corrected chi connectivity index (χ0v) is 20.2. The second kappa shape index (κ2) is 9.73. The Morgan fingerprint density at radius 2 is 1.05 bits per heavy atom. The summed E-state index contributed by atoms with van der Waals surface area (Å²) in [4.78, 5) is 0. The Bertz CT molecular complexity index is 1140. The van der Waals surface area contributed by atoms with Crippen LogP contribution >= 0.6 is 0 Å². The van der Waals surface area contributed by atoms with Gasteiger partial charge in [-0.15, -0.1) is 0 Å². The standard InChI is InChI=1S/C24H21F13O2/c1-17(2,3)39-16-11-7-10-15(12-16)18(38,14-8-5-4-6-9-14)13-19(25,26)20(27,28)21(29,30)22(31,32)23(33,34)24(35,36)37/h4-12,38H,13H2,1-3H3. The molecule has 220 valence electrons. The molecule has 0 aliphatic rings. The van der Waals surface area contributed by atoms with Crippen LogP contribution in [0, 0.1) is 0 Å². The molecule has 0 aliphatic carbocycles. The molecule has 0 bridgehead atoms. The van der Waals surface area contributed by atoms with Gasteiger partial charge in [-0.05, 0) is 44.0 Å². The highest BCUT2D eigenvalue weighted by atomic mass is 19.4. The third-order valence-corrected chi connectivity index (χ3v) is 5.46. The van der Waals surface area contributed by atoms with Crippen LogP contribution in [0.2, 0.25) is 0 Å². The fraction of sp³-hybridized carbons (Fsp3) is 0.500. The summed E-state index contributed by atoms with van der Waals surface area (Å²) >= 11 is 0. The number of halogens is 13. The quantitative estimate of drug-likeness (QED) is 0.299. The highest BCUT2D eigenvalue weighted by Crippen LogP contribution is 2.61. The molecule has 39 heavy (non-hydrogen) atoms. The van der Waals surface area contributed by atoms with E-state index in [4.69, 9.17) is 4.74 Å². The average Bonchev–Trinajstić information content (AvgIpc) is 2.77. The van der Waals surface area contributed by atoms with Crippen molar-refractivity contribution in [3.8, 4) is 5.75 Å². The van der Waals surface area contributed by atoms with E-state index in [2.05, 4.69) is 0 Å². The summed E-state index contributed by atoms with van der Waals surface area (Å²) in [5.41, 5.74) is -5.70. The van der Waals surface area contributed by atoms with Gasteiger partial charge < -0.3 is 9.84 Å². The van der Waals surface area contributed by atoms with Gasteiger partial charge in [0.15, 0.2) is 0 Å². The second-order valence-electron chi connectivity index (χ2n) is 9.65. The number of aliphatic hydroxyl groups is 1. The van der Waals surface area contributed by atoms with E-state index in [0.717, 1.165) is 42.5 Å². The zero-order valence-electron chi connectivity index (χ0n) is 20.2. The van der Waals surface area contributed by atoms with Crippen molar-refractivity contribution in [1.82, 2.24) is 0 Å². The highest BCUT2D eigenvalue weighted by Gasteiger charge is 2.90. The van der Waals surface area contributed by atoms with Crippen molar-refractivity contribution >= 4 is 0 Å². The first-order valence-corrected chi connectivity index (χ1v) is 10.8. The van der Waals surface area contributed by atoms with Gasteiger partial charge in [-0.1, -0.05) is 42.5 Å². The van der Waals surface area contributed by atoms with Crippen LogP contribution in [0.3, 0.4) is 0 Å². The molecule has 0 amide bonds. The molecule has 0 heterocycles.